The topological polar surface area (TPSA) is 107 Å². The van der Waals surface area contributed by atoms with Crippen molar-refractivity contribution in [2.24, 2.45) is 5.92 Å². The van der Waals surface area contributed by atoms with E-state index >= 15 is 0 Å². The lowest BCUT2D eigenvalue weighted by molar-refractivity contribution is -0.384. The molecule has 168 valence electrons. The SMILES string of the molecule is CC(C)Cn1c(S[C@H](C)C(=O)Nc2cccc([N+](=O)[O-])c2)nc2sc3c(c2c1=O)CCC3. The third-order valence-electron chi connectivity index (χ3n) is 5.31. The average Bonchev–Trinajstić information content (AvgIpc) is 3.31. The summed E-state index contributed by atoms with van der Waals surface area (Å²) < 4.78 is 1.69. The summed E-state index contributed by atoms with van der Waals surface area (Å²) in [5.74, 6) is -0.0680. The van der Waals surface area contributed by atoms with Crippen molar-refractivity contribution < 1.29 is 9.72 Å². The molecule has 1 aliphatic rings. The van der Waals surface area contributed by atoms with E-state index in [1.165, 1.54) is 34.8 Å². The molecule has 8 nitrogen and oxygen atoms in total. The minimum absolute atomic E-state index is 0.0307. The number of hydrogen-bond acceptors (Lipinski definition) is 7. The van der Waals surface area contributed by atoms with Crippen molar-refractivity contribution in [2.45, 2.75) is 57.0 Å². The highest BCUT2D eigenvalue weighted by Crippen LogP contribution is 2.36. The van der Waals surface area contributed by atoms with E-state index in [-0.39, 0.29) is 23.1 Å². The Bertz CT molecular complexity index is 1260. The molecule has 0 bridgehead atoms. The van der Waals surface area contributed by atoms with E-state index in [0.717, 1.165) is 35.0 Å². The fraction of sp³-hybridized carbons (Fsp3) is 0.409. The van der Waals surface area contributed by atoms with E-state index in [1.807, 2.05) is 13.8 Å². The second kappa shape index (κ2) is 9.03. The first-order valence-corrected chi connectivity index (χ1v) is 12.2. The summed E-state index contributed by atoms with van der Waals surface area (Å²) in [6, 6.07) is 5.82. The molecule has 1 amide bonds. The Morgan fingerprint density at radius 3 is 2.84 bits per heavy atom. The van der Waals surface area contributed by atoms with Crippen LogP contribution in [0.15, 0.2) is 34.2 Å². The van der Waals surface area contributed by atoms with Crippen LogP contribution in [0.1, 0.15) is 37.6 Å². The number of carbonyl (C=O) groups excluding carboxylic acids is 1. The zero-order valence-electron chi connectivity index (χ0n) is 18.1. The van der Waals surface area contributed by atoms with Gasteiger partial charge >= 0.3 is 0 Å². The summed E-state index contributed by atoms with van der Waals surface area (Å²) in [6.45, 7) is 6.35. The Kier molecular flexibility index (Phi) is 6.34. The van der Waals surface area contributed by atoms with Gasteiger partial charge in [-0.3, -0.25) is 24.3 Å². The minimum Gasteiger partial charge on any atom is -0.325 e. The van der Waals surface area contributed by atoms with Gasteiger partial charge < -0.3 is 5.32 Å². The molecule has 0 spiro atoms. The molecule has 0 unspecified atom stereocenters. The number of aromatic nitrogens is 2. The highest BCUT2D eigenvalue weighted by molar-refractivity contribution is 8.00. The Balaban J connectivity index is 1.62. The van der Waals surface area contributed by atoms with Crippen molar-refractivity contribution in [3.8, 4) is 0 Å². The minimum atomic E-state index is -0.552. The molecule has 1 N–H and O–H groups in total. The van der Waals surface area contributed by atoms with E-state index < -0.39 is 10.2 Å². The van der Waals surface area contributed by atoms with Gasteiger partial charge in [-0.05, 0) is 43.7 Å². The van der Waals surface area contributed by atoms with Crippen LogP contribution in [-0.2, 0) is 24.2 Å². The highest BCUT2D eigenvalue weighted by Gasteiger charge is 2.25. The molecule has 1 atom stereocenters. The first-order chi connectivity index (χ1) is 15.2. The van der Waals surface area contributed by atoms with Gasteiger partial charge in [0.05, 0.1) is 15.6 Å². The average molecular weight is 473 g/mol. The highest BCUT2D eigenvalue weighted by atomic mass is 32.2. The quantitative estimate of drug-likeness (QED) is 0.232. The Hall–Kier alpha value is -2.72. The molecular weight excluding hydrogens is 448 g/mol. The van der Waals surface area contributed by atoms with Crippen LogP contribution in [0, 0.1) is 16.0 Å². The number of anilines is 1. The molecule has 10 heteroatoms. The molecular formula is C22H24N4O4S2. The van der Waals surface area contributed by atoms with E-state index in [1.54, 1.807) is 28.9 Å². The summed E-state index contributed by atoms with van der Waals surface area (Å²) in [6.07, 6.45) is 2.99. The van der Waals surface area contributed by atoms with Crippen molar-refractivity contribution in [3.05, 3.63) is 55.2 Å². The molecule has 0 fully saturated rings. The number of hydrogen-bond donors (Lipinski definition) is 1. The third kappa shape index (κ3) is 4.42. The lowest BCUT2D eigenvalue weighted by atomic mass is 10.2. The smallest absolute Gasteiger partial charge is 0.271 e. The van der Waals surface area contributed by atoms with Crippen molar-refractivity contribution in [3.63, 3.8) is 0 Å². The van der Waals surface area contributed by atoms with E-state index in [9.17, 15) is 19.7 Å². The number of amides is 1. The number of carbonyl (C=O) groups is 1. The molecule has 0 saturated heterocycles. The second-order valence-corrected chi connectivity index (χ2v) is 10.7. The summed E-state index contributed by atoms with van der Waals surface area (Å²) >= 11 is 2.81. The number of nitro benzene ring substituents is 1. The van der Waals surface area contributed by atoms with Gasteiger partial charge in [-0.25, -0.2) is 4.98 Å². The molecule has 2 heterocycles. The monoisotopic (exact) mass is 472 g/mol. The second-order valence-electron chi connectivity index (χ2n) is 8.30. The molecule has 0 aliphatic heterocycles. The number of benzene rings is 1. The molecule has 0 saturated carbocycles. The lowest BCUT2D eigenvalue weighted by Gasteiger charge is -2.17. The standard InChI is InChI=1S/C22H24N4O4S2/c1-12(2)11-25-21(28)18-16-8-5-9-17(16)32-20(18)24-22(25)31-13(3)19(27)23-14-6-4-7-15(10-14)26(29)30/h4,6-7,10,12-13H,5,8-9,11H2,1-3H3,(H,23,27)/t13-/m1/s1. The number of rotatable bonds is 7. The van der Waals surface area contributed by atoms with Crippen molar-refractivity contribution in [1.29, 1.82) is 0 Å². The van der Waals surface area contributed by atoms with Crippen molar-refractivity contribution in [1.82, 2.24) is 9.55 Å². The fourth-order valence-electron chi connectivity index (χ4n) is 3.83. The van der Waals surface area contributed by atoms with Gasteiger partial charge in [0.1, 0.15) is 4.83 Å². The summed E-state index contributed by atoms with van der Waals surface area (Å²) in [5.41, 5.74) is 1.38. The molecule has 1 aromatic carbocycles. The van der Waals surface area contributed by atoms with Crippen LogP contribution in [-0.4, -0.2) is 25.6 Å². The number of fused-ring (bicyclic) bond motifs is 3. The maximum Gasteiger partial charge on any atom is 0.271 e. The first kappa shape index (κ1) is 22.5. The molecule has 3 aromatic rings. The van der Waals surface area contributed by atoms with Crippen LogP contribution >= 0.6 is 23.1 Å². The normalized spacial score (nSPS) is 14.0. The Morgan fingerprint density at radius 1 is 1.34 bits per heavy atom. The number of aryl methyl sites for hydroxylation is 2. The fourth-order valence-corrected chi connectivity index (χ4v) is 6.05. The van der Waals surface area contributed by atoms with E-state index in [0.29, 0.717) is 17.4 Å². The van der Waals surface area contributed by atoms with Gasteiger partial charge in [0.25, 0.3) is 11.2 Å². The Labute approximate surface area is 193 Å². The van der Waals surface area contributed by atoms with Crippen LogP contribution in [0.3, 0.4) is 0 Å². The van der Waals surface area contributed by atoms with Gasteiger partial charge in [-0.1, -0.05) is 31.7 Å². The zero-order chi connectivity index (χ0) is 23.0. The van der Waals surface area contributed by atoms with Crippen LogP contribution in [0.2, 0.25) is 0 Å². The van der Waals surface area contributed by atoms with Crippen molar-refractivity contribution in [2.75, 3.05) is 5.32 Å². The van der Waals surface area contributed by atoms with Gasteiger partial charge in [-0.15, -0.1) is 11.3 Å². The first-order valence-electron chi connectivity index (χ1n) is 10.5. The summed E-state index contributed by atoms with van der Waals surface area (Å²) in [4.78, 5) is 43.4. The van der Waals surface area contributed by atoms with Crippen LogP contribution in [0.5, 0.6) is 0 Å². The van der Waals surface area contributed by atoms with Crippen LogP contribution in [0.25, 0.3) is 10.2 Å². The summed E-state index contributed by atoms with van der Waals surface area (Å²) in [5, 5.41) is 14.4. The number of non-ortho nitro benzene ring substituents is 1. The van der Waals surface area contributed by atoms with Crippen molar-refractivity contribution >= 4 is 50.6 Å². The molecule has 1 aliphatic carbocycles. The zero-order valence-corrected chi connectivity index (χ0v) is 19.7. The van der Waals surface area contributed by atoms with Crippen LogP contribution in [0.4, 0.5) is 11.4 Å². The summed E-state index contributed by atoms with van der Waals surface area (Å²) in [7, 11) is 0. The van der Waals surface area contributed by atoms with Gasteiger partial charge in [0, 0.05) is 29.2 Å². The predicted octanol–water partition coefficient (Wildman–Crippen LogP) is 4.63. The molecule has 0 radical (unpaired) electrons. The molecule has 2 aromatic heterocycles. The van der Waals surface area contributed by atoms with E-state index in [2.05, 4.69) is 5.32 Å². The van der Waals surface area contributed by atoms with Gasteiger partial charge in [0.2, 0.25) is 5.91 Å². The molecule has 32 heavy (non-hydrogen) atoms. The Morgan fingerprint density at radius 2 is 2.12 bits per heavy atom. The number of nitrogens with one attached hydrogen (secondary N) is 1. The predicted molar refractivity (Wildman–Crippen MR) is 128 cm³/mol. The number of thiophene rings is 1. The van der Waals surface area contributed by atoms with E-state index in [4.69, 9.17) is 4.98 Å². The van der Waals surface area contributed by atoms with Crippen LogP contribution < -0.4 is 10.9 Å². The number of nitrogens with zero attached hydrogens (tertiary/aromatic N) is 3. The number of thioether (sulfide) groups is 1. The van der Waals surface area contributed by atoms with Gasteiger partial charge in [-0.2, -0.15) is 0 Å². The largest absolute Gasteiger partial charge is 0.325 e. The number of nitro groups is 1. The maximum absolute atomic E-state index is 13.4. The molecule has 4 rings (SSSR count). The van der Waals surface area contributed by atoms with Gasteiger partial charge in [0.15, 0.2) is 5.16 Å². The third-order valence-corrected chi connectivity index (χ3v) is 7.59. The lowest BCUT2D eigenvalue weighted by Crippen LogP contribution is -2.28. The maximum atomic E-state index is 13.4.